The van der Waals surface area contributed by atoms with Crippen LogP contribution in [0, 0.1) is 0 Å². The zero-order valence-corrected chi connectivity index (χ0v) is 18.8. The molecule has 0 bridgehead atoms. The van der Waals surface area contributed by atoms with Crippen LogP contribution >= 0.6 is 11.6 Å². The van der Waals surface area contributed by atoms with Crippen molar-refractivity contribution in [3.05, 3.63) is 83.3 Å². The lowest BCUT2D eigenvalue weighted by atomic mass is 10.1. The van der Waals surface area contributed by atoms with Gasteiger partial charge in [-0.3, -0.25) is 0 Å². The molecule has 6 rings (SSSR count). The van der Waals surface area contributed by atoms with E-state index in [1.807, 2.05) is 29.8 Å². The topological polar surface area (TPSA) is 113 Å². The predicted octanol–water partition coefficient (Wildman–Crippen LogP) is 4.08. The van der Waals surface area contributed by atoms with Gasteiger partial charge in [0.05, 0.1) is 10.6 Å². The number of rotatable bonds is 2. The summed E-state index contributed by atoms with van der Waals surface area (Å²) in [7, 11) is 1.87. The summed E-state index contributed by atoms with van der Waals surface area (Å²) in [6.07, 6.45) is 7.42. The zero-order chi connectivity index (χ0) is 22.9. The Kier molecular flexibility index (Phi) is 5.53. The van der Waals surface area contributed by atoms with Crippen LogP contribution in [0.1, 0.15) is 23.6 Å². The zero-order valence-electron chi connectivity index (χ0n) is 18.1. The van der Waals surface area contributed by atoms with Gasteiger partial charge in [0.2, 0.25) is 0 Å². The molecule has 4 N–H and O–H groups in total. The van der Waals surface area contributed by atoms with Crippen molar-refractivity contribution < 1.29 is 0 Å². The predicted molar refractivity (Wildman–Crippen MR) is 130 cm³/mol. The Morgan fingerprint density at radius 1 is 1.06 bits per heavy atom. The van der Waals surface area contributed by atoms with E-state index in [4.69, 9.17) is 23.1 Å². The Bertz CT molecular complexity index is 1420. The fraction of sp³-hybridized carbons (Fsp3) is 0.167. The summed E-state index contributed by atoms with van der Waals surface area (Å²) < 4.78 is 3.50. The molecule has 1 atom stereocenters. The van der Waals surface area contributed by atoms with Crippen molar-refractivity contribution in [2.45, 2.75) is 18.9 Å². The quantitative estimate of drug-likeness (QED) is 0.412. The first-order valence-corrected chi connectivity index (χ1v) is 11.0. The molecule has 1 unspecified atom stereocenters. The third kappa shape index (κ3) is 3.94. The third-order valence-corrected chi connectivity index (χ3v) is 6.05. The lowest BCUT2D eigenvalue weighted by Gasteiger charge is -2.05. The fourth-order valence-corrected chi connectivity index (χ4v) is 4.28. The molecule has 4 aromatic heterocycles. The van der Waals surface area contributed by atoms with Gasteiger partial charge in [-0.2, -0.15) is 5.10 Å². The van der Waals surface area contributed by atoms with Gasteiger partial charge >= 0.3 is 0 Å². The molecular formula is C24H23ClN8. The van der Waals surface area contributed by atoms with E-state index in [0.29, 0.717) is 39.7 Å². The highest BCUT2D eigenvalue weighted by atomic mass is 35.5. The number of hydrogen-bond acceptors (Lipinski definition) is 6. The summed E-state index contributed by atoms with van der Waals surface area (Å²) in [5.74, 6) is 1.70. The van der Waals surface area contributed by atoms with Gasteiger partial charge < -0.3 is 16.0 Å². The molecule has 166 valence electrons. The van der Waals surface area contributed by atoms with E-state index in [-0.39, 0.29) is 0 Å². The van der Waals surface area contributed by atoms with E-state index in [9.17, 15) is 0 Å². The van der Waals surface area contributed by atoms with Crippen LogP contribution in [0.5, 0.6) is 0 Å². The van der Waals surface area contributed by atoms with E-state index in [1.165, 1.54) is 11.1 Å². The number of anilines is 1. The minimum absolute atomic E-state index is 0.302. The fourth-order valence-electron chi connectivity index (χ4n) is 4.06. The number of aromatic nitrogens is 6. The Morgan fingerprint density at radius 2 is 1.91 bits per heavy atom. The van der Waals surface area contributed by atoms with Gasteiger partial charge in [-0.05, 0) is 42.2 Å². The minimum Gasteiger partial charge on any atom is -0.383 e. The first-order valence-electron chi connectivity index (χ1n) is 10.6. The Hall–Kier alpha value is -3.75. The van der Waals surface area contributed by atoms with Crippen LogP contribution in [0.3, 0.4) is 0 Å². The van der Waals surface area contributed by atoms with Crippen LogP contribution in [0.2, 0.25) is 5.02 Å². The second-order valence-corrected chi connectivity index (χ2v) is 8.27. The SMILES string of the molecule is Cn1c(-c2cccnc2N)nc2c(Cl)cc(-n3cccn3)nc21.NC1CCc2ccccc21. The minimum atomic E-state index is 0.302. The van der Waals surface area contributed by atoms with Crippen molar-refractivity contribution in [3.8, 4) is 17.2 Å². The highest BCUT2D eigenvalue weighted by molar-refractivity contribution is 6.35. The number of nitrogen functional groups attached to an aromatic ring is 1. The highest BCUT2D eigenvalue weighted by Crippen LogP contribution is 2.30. The van der Waals surface area contributed by atoms with Crippen molar-refractivity contribution in [3.63, 3.8) is 0 Å². The molecule has 0 saturated heterocycles. The number of imidazole rings is 1. The Labute approximate surface area is 195 Å². The van der Waals surface area contributed by atoms with Crippen molar-refractivity contribution in [2.24, 2.45) is 12.8 Å². The van der Waals surface area contributed by atoms with Crippen LogP contribution in [-0.4, -0.2) is 29.3 Å². The standard InChI is InChI=1S/C15H12ClN7.C9H11N/c1-22-14(9-4-2-5-18-13(9)17)21-12-10(16)8-11(20-15(12)22)23-7-3-6-19-23;10-9-6-5-7-3-1-2-4-8(7)9/h2-8H,1H3,(H2,17,18);1-4,9H,5-6,10H2. The maximum absolute atomic E-state index is 6.39. The Morgan fingerprint density at radius 3 is 2.67 bits per heavy atom. The summed E-state index contributed by atoms with van der Waals surface area (Å²) >= 11 is 6.39. The van der Waals surface area contributed by atoms with Crippen LogP contribution in [0.4, 0.5) is 5.82 Å². The number of benzene rings is 1. The molecule has 1 aliphatic rings. The number of halogens is 1. The van der Waals surface area contributed by atoms with Gasteiger partial charge in [0.15, 0.2) is 11.5 Å². The molecule has 8 nitrogen and oxygen atoms in total. The van der Waals surface area contributed by atoms with Crippen molar-refractivity contribution in [1.82, 2.24) is 29.3 Å². The average Bonchev–Trinajstić information content (AvgIpc) is 3.56. The molecule has 0 aliphatic heterocycles. The van der Waals surface area contributed by atoms with Gasteiger partial charge in [0.25, 0.3) is 0 Å². The van der Waals surface area contributed by atoms with Gasteiger partial charge in [0, 0.05) is 37.7 Å². The lowest BCUT2D eigenvalue weighted by molar-refractivity contribution is 0.713. The number of pyridine rings is 2. The van der Waals surface area contributed by atoms with E-state index >= 15 is 0 Å². The monoisotopic (exact) mass is 458 g/mol. The summed E-state index contributed by atoms with van der Waals surface area (Å²) in [6.45, 7) is 0. The smallest absolute Gasteiger partial charge is 0.164 e. The number of nitrogens with two attached hydrogens (primary N) is 2. The average molecular weight is 459 g/mol. The summed E-state index contributed by atoms with van der Waals surface area (Å²) in [4.78, 5) is 13.3. The second kappa shape index (κ2) is 8.65. The van der Waals surface area contributed by atoms with E-state index in [2.05, 4.69) is 44.3 Å². The van der Waals surface area contributed by atoms with Gasteiger partial charge in [-0.1, -0.05) is 35.9 Å². The maximum atomic E-state index is 6.39. The molecule has 0 spiro atoms. The summed E-state index contributed by atoms with van der Waals surface area (Å²) in [6, 6.07) is 16.0. The first kappa shape index (κ1) is 21.1. The Balaban J connectivity index is 0.000000190. The third-order valence-electron chi connectivity index (χ3n) is 5.77. The number of aryl methyl sites for hydroxylation is 2. The van der Waals surface area contributed by atoms with Crippen LogP contribution in [-0.2, 0) is 13.5 Å². The van der Waals surface area contributed by atoms with E-state index < -0.39 is 0 Å². The molecule has 0 saturated carbocycles. The van der Waals surface area contributed by atoms with Crippen LogP contribution < -0.4 is 11.5 Å². The second-order valence-electron chi connectivity index (χ2n) is 7.86. The highest BCUT2D eigenvalue weighted by Gasteiger charge is 2.18. The maximum Gasteiger partial charge on any atom is 0.164 e. The van der Waals surface area contributed by atoms with Gasteiger partial charge in [0.1, 0.15) is 17.2 Å². The first-order chi connectivity index (χ1) is 16.0. The van der Waals surface area contributed by atoms with Crippen LogP contribution in [0.25, 0.3) is 28.4 Å². The molecule has 1 aromatic carbocycles. The summed E-state index contributed by atoms with van der Waals surface area (Å²) in [5.41, 5.74) is 16.6. The molecule has 33 heavy (non-hydrogen) atoms. The van der Waals surface area contributed by atoms with E-state index in [0.717, 1.165) is 18.4 Å². The molecule has 0 fully saturated rings. The molecule has 0 radical (unpaired) electrons. The lowest BCUT2D eigenvalue weighted by Crippen LogP contribution is -2.04. The van der Waals surface area contributed by atoms with Gasteiger partial charge in [-0.15, -0.1) is 0 Å². The number of fused-ring (bicyclic) bond motifs is 2. The largest absolute Gasteiger partial charge is 0.383 e. The molecule has 4 heterocycles. The number of nitrogens with zero attached hydrogens (tertiary/aromatic N) is 6. The van der Waals surface area contributed by atoms with Crippen molar-refractivity contribution in [1.29, 1.82) is 0 Å². The molecule has 5 aromatic rings. The normalized spacial score (nSPS) is 14.7. The van der Waals surface area contributed by atoms with Crippen molar-refractivity contribution >= 4 is 28.6 Å². The van der Waals surface area contributed by atoms with Crippen LogP contribution in [0.15, 0.2) is 67.1 Å². The van der Waals surface area contributed by atoms with Crippen molar-refractivity contribution in [2.75, 3.05) is 5.73 Å². The van der Waals surface area contributed by atoms with E-state index in [1.54, 1.807) is 29.3 Å². The summed E-state index contributed by atoms with van der Waals surface area (Å²) in [5, 5.41) is 4.68. The molecule has 9 heteroatoms. The molecular weight excluding hydrogens is 436 g/mol. The molecule has 0 amide bonds. The van der Waals surface area contributed by atoms with Gasteiger partial charge in [-0.25, -0.2) is 19.6 Å². The number of hydrogen-bond donors (Lipinski definition) is 2. The molecule has 1 aliphatic carbocycles.